The number of hydrogen-bond acceptors (Lipinski definition) is 6. The maximum absolute atomic E-state index is 12.3. The smallest absolute Gasteiger partial charge is 0.251 e. The standard InChI is InChI=1S/C19H19N3O4/c1-13-21-18(22-26-13)12-25-16-8-6-15(7-9-16)19(23)20-11-14-4-3-5-17(10-14)24-2/h3-10H,11-12H2,1-2H3,(H,20,23). The zero-order valence-electron chi connectivity index (χ0n) is 14.6. The summed E-state index contributed by atoms with van der Waals surface area (Å²) in [5.41, 5.74) is 1.52. The molecule has 1 N–H and O–H groups in total. The largest absolute Gasteiger partial charge is 0.497 e. The van der Waals surface area contributed by atoms with Crippen molar-refractivity contribution in [2.24, 2.45) is 0 Å². The average Bonchev–Trinajstić information content (AvgIpc) is 3.10. The molecule has 0 saturated heterocycles. The van der Waals surface area contributed by atoms with Crippen molar-refractivity contribution in [1.82, 2.24) is 15.5 Å². The fourth-order valence-corrected chi connectivity index (χ4v) is 2.32. The molecule has 0 spiro atoms. The van der Waals surface area contributed by atoms with Crippen molar-refractivity contribution in [1.29, 1.82) is 0 Å². The van der Waals surface area contributed by atoms with Crippen molar-refractivity contribution in [2.45, 2.75) is 20.1 Å². The summed E-state index contributed by atoms with van der Waals surface area (Å²) in [4.78, 5) is 16.3. The van der Waals surface area contributed by atoms with Gasteiger partial charge >= 0.3 is 0 Å². The molecule has 7 heteroatoms. The molecule has 1 heterocycles. The van der Waals surface area contributed by atoms with Gasteiger partial charge < -0.3 is 19.3 Å². The molecule has 0 radical (unpaired) electrons. The second-order valence-electron chi connectivity index (χ2n) is 5.58. The number of hydrogen-bond donors (Lipinski definition) is 1. The normalized spacial score (nSPS) is 10.4. The van der Waals surface area contributed by atoms with Crippen molar-refractivity contribution in [3.63, 3.8) is 0 Å². The van der Waals surface area contributed by atoms with Gasteiger partial charge in [0.2, 0.25) is 11.7 Å². The number of rotatable bonds is 7. The zero-order valence-corrected chi connectivity index (χ0v) is 14.6. The molecule has 0 bridgehead atoms. The molecule has 0 fully saturated rings. The summed E-state index contributed by atoms with van der Waals surface area (Å²) in [5, 5.41) is 6.64. The number of ether oxygens (including phenoxy) is 2. The van der Waals surface area contributed by atoms with Crippen molar-refractivity contribution in [2.75, 3.05) is 7.11 Å². The number of carbonyl (C=O) groups excluding carboxylic acids is 1. The van der Waals surface area contributed by atoms with Crippen LogP contribution < -0.4 is 14.8 Å². The van der Waals surface area contributed by atoms with Gasteiger partial charge in [0, 0.05) is 19.0 Å². The van der Waals surface area contributed by atoms with Crippen LogP contribution >= 0.6 is 0 Å². The molecule has 0 unspecified atom stereocenters. The van der Waals surface area contributed by atoms with Gasteiger partial charge in [-0.3, -0.25) is 4.79 Å². The molecule has 0 atom stereocenters. The third-order valence-corrected chi connectivity index (χ3v) is 3.64. The van der Waals surface area contributed by atoms with Crippen LogP contribution in [0.1, 0.15) is 27.6 Å². The predicted octanol–water partition coefficient (Wildman–Crippen LogP) is 2.90. The number of benzene rings is 2. The Balaban J connectivity index is 1.53. The Bertz CT molecular complexity index is 875. The van der Waals surface area contributed by atoms with E-state index in [0.29, 0.717) is 29.6 Å². The molecule has 0 aliphatic carbocycles. The van der Waals surface area contributed by atoms with Crippen LogP contribution in [0.25, 0.3) is 0 Å². The minimum absolute atomic E-state index is 0.159. The van der Waals surface area contributed by atoms with Crippen LogP contribution in [-0.2, 0) is 13.2 Å². The van der Waals surface area contributed by atoms with Gasteiger partial charge in [-0.15, -0.1) is 0 Å². The summed E-state index contributed by atoms with van der Waals surface area (Å²) < 4.78 is 15.6. The van der Waals surface area contributed by atoms with E-state index in [1.54, 1.807) is 38.3 Å². The predicted molar refractivity (Wildman–Crippen MR) is 94.0 cm³/mol. The topological polar surface area (TPSA) is 86.5 Å². The molecule has 0 aliphatic rings. The van der Waals surface area contributed by atoms with Crippen molar-refractivity contribution >= 4 is 5.91 Å². The summed E-state index contributed by atoms with van der Waals surface area (Å²) in [5.74, 6) is 2.19. The van der Waals surface area contributed by atoms with Gasteiger partial charge in [0.25, 0.3) is 5.91 Å². The minimum atomic E-state index is -0.159. The first-order chi connectivity index (χ1) is 12.6. The minimum Gasteiger partial charge on any atom is -0.497 e. The summed E-state index contributed by atoms with van der Waals surface area (Å²) in [7, 11) is 1.61. The Morgan fingerprint density at radius 3 is 2.65 bits per heavy atom. The van der Waals surface area contributed by atoms with Crippen LogP contribution in [0.2, 0.25) is 0 Å². The lowest BCUT2D eigenvalue weighted by Crippen LogP contribution is -2.22. The van der Waals surface area contributed by atoms with E-state index in [0.717, 1.165) is 11.3 Å². The number of carbonyl (C=O) groups is 1. The number of amides is 1. The molecule has 1 amide bonds. The molecular formula is C19H19N3O4. The van der Waals surface area contributed by atoms with E-state index in [2.05, 4.69) is 15.5 Å². The van der Waals surface area contributed by atoms with Gasteiger partial charge in [-0.2, -0.15) is 4.98 Å². The van der Waals surface area contributed by atoms with Crippen LogP contribution in [0, 0.1) is 6.92 Å². The van der Waals surface area contributed by atoms with Gasteiger partial charge in [-0.05, 0) is 42.0 Å². The van der Waals surface area contributed by atoms with Crippen LogP contribution in [0.5, 0.6) is 11.5 Å². The first-order valence-corrected chi connectivity index (χ1v) is 8.07. The lowest BCUT2D eigenvalue weighted by molar-refractivity contribution is 0.0951. The van der Waals surface area contributed by atoms with E-state index >= 15 is 0 Å². The SMILES string of the molecule is COc1cccc(CNC(=O)c2ccc(OCc3noc(C)n3)cc2)c1. The van der Waals surface area contributed by atoms with Gasteiger partial charge in [-0.1, -0.05) is 17.3 Å². The second kappa shape index (κ2) is 8.15. The van der Waals surface area contributed by atoms with Gasteiger partial charge in [0.15, 0.2) is 6.61 Å². The van der Waals surface area contributed by atoms with E-state index < -0.39 is 0 Å². The Morgan fingerprint density at radius 1 is 1.15 bits per heavy atom. The number of aromatic nitrogens is 2. The van der Waals surface area contributed by atoms with Gasteiger partial charge in [0.05, 0.1) is 7.11 Å². The maximum Gasteiger partial charge on any atom is 0.251 e. The quantitative estimate of drug-likeness (QED) is 0.703. The number of methoxy groups -OCH3 is 1. The first-order valence-electron chi connectivity index (χ1n) is 8.07. The maximum atomic E-state index is 12.3. The summed E-state index contributed by atoms with van der Waals surface area (Å²) in [6.07, 6.45) is 0. The summed E-state index contributed by atoms with van der Waals surface area (Å²) in [6.45, 7) is 2.35. The van der Waals surface area contributed by atoms with Gasteiger partial charge in [0.1, 0.15) is 11.5 Å². The van der Waals surface area contributed by atoms with Crippen LogP contribution in [0.15, 0.2) is 53.1 Å². The van der Waals surface area contributed by atoms with Crippen LogP contribution in [-0.4, -0.2) is 23.2 Å². The number of aryl methyl sites for hydroxylation is 1. The lowest BCUT2D eigenvalue weighted by Gasteiger charge is -2.08. The zero-order chi connectivity index (χ0) is 18.4. The monoisotopic (exact) mass is 353 g/mol. The Kier molecular flexibility index (Phi) is 5.48. The van der Waals surface area contributed by atoms with Crippen LogP contribution in [0.3, 0.4) is 0 Å². The molecule has 7 nitrogen and oxygen atoms in total. The Labute approximate surface area is 150 Å². The summed E-state index contributed by atoms with van der Waals surface area (Å²) in [6, 6.07) is 14.4. The summed E-state index contributed by atoms with van der Waals surface area (Å²) >= 11 is 0. The molecule has 134 valence electrons. The van der Waals surface area contributed by atoms with E-state index in [-0.39, 0.29) is 12.5 Å². The average molecular weight is 353 g/mol. The van der Waals surface area contributed by atoms with E-state index in [1.807, 2.05) is 24.3 Å². The van der Waals surface area contributed by atoms with Crippen molar-refractivity contribution < 1.29 is 18.8 Å². The number of nitrogens with one attached hydrogen (secondary N) is 1. The Morgan fingerprint density at radius 2 is 1.96 bits per heavy atom. The molecule has 0 aliphatic heterocycles. The van der Waals surface area contributed by atoms with E-state index in [9.17, 15) is 4.79 Å². The molecule has 1 aromatic heterocycles. The molecule has 3 aromatic rings. The highest BCUT2D eigenvalue weighted by atomic mass is 16.5. The first kappa shape index (κ1) is 17.5. The highest BCUT2D eigenvalue weighted by Crippen LogP contribution is 2.15. The highest BCUT2D eigenvalue weighted by molar-refractivity contribution is 5.94. The Hall–Kier alpha value is -3.35. The molecule has 0 saturated carbocycles. The fourth-order valence-electron chi connectivity index (χ4n) is 2.32. The number of nitrogens with zero attached hydrogens (tertiary/aromatic N) is 2. The molecule has 3 rings (SSSR count). The second-order valence-corrected chi connectivity index (χ2v) is 5.58. The highest BCUT2D eigenvalue weighted by Gasteiger charge is 2.07. The van der Waals surface area contributed by atoms with Crippen molar-refractivity contribution in [3.8, 4) is 11.5 Å². The fraction of sp³-hybridized carbons (Fsp3) is 0.211. The molecule has 26 heavy (non-hydrogen) atoms. The third kappa shape index (κ3) is 4.60. The van der Waals surface area contributed by atoms with Crippen LogP contribution in [0.4, 0.5) is 0 Å². The van der Waals surface area contributed by atoms with E-state index in [1.165, 1.54) is 0 Å². The molecular weight excluding hydrogens is 334 g/mol. The van der Waals surface area contributed by atoms with Gasteiger partial charge in [-0.25, -0.2) is 0 Å². The lowest BCUT2D eigenvalue weighted by atomic mass is 10.2. The third-order valence-electron chi connectivity index (χ3n) is 3.64. The molecule has 2 aromatic carbocycles. The van der Waals surface area contributed by atoms with E-state index in [4.69, 9.17) is 14.0 Å². The van der Waals surface area contributed by atoms with Crippen molar-refractivity contribution in [3.05, 3.63) is 71.4 Å².